The summed E-state index contributed by atoms with van der Waals surface area (Å²) >= 11 is 2.10. The topological polar surface area (TPSA) is 0 Å². The van der Waals surface area contributed by atoms with E-state index in [-0.39, 0.29) is 10.8 Å². The Hall–Kier alpha value is -0.300. The predicted octanol–water partition coefficient (Wildman–Crippen LogP) is 7.03. The van der Waals surface area contributed by atoms with Gasteiger partial charge in [0.15, 0.2) is 0 Å². The molecule has 0 amide bonds. The highest BCUT2D eigenvalue weighted by molar-refractivity contribution is 7.12. The molecule has 0 bridgehead atoms. The van der Waals surface area contributed by atoms with Gasteiger partial charge in [-0.1, -0.05) is 68.2 Å². The van der Waals surface area contributed by atoms with Crippen LogP contribution in [0.25, 0.3) is 0 Å². The van der Waals surface area contributed by atoms with Crippen LogP contribution in [0.5, 0.6) is 0 Å². The van der Waals surface area contributed by atoms with Gasteiger partial charge in [-0.2, -0.15) is 0 Å². The van der Waals surface area contributed by atoms with Crippen LogP contribution in [0.1, 0.15) is 102 Å². The number of hydrogen-bond acceptors (Lipinski definition) is 1. The normalized spacial score (nSPS) is 13.0. The van der Waals surface area contributed by atoms with E-state index in [1.54, 1.807) is 20.9 Å². The average Bonchev–Trinajstić information content (AvgIpc) is 2.72. The summed E-state index contributed by atoms with van der Waals surface area (Å²) in [6.45, 7) is 18.9. The molecule has 1 heteroatoms. The van der Waals surface area contributed by atoms with Crippen molar-refractivity contribution in [3.05, 3.63) is 20.9 Å². The van der Waals surface area contributed by atoms with E-state index in [0.717, 1.165) is 0 Å². The van der Waals surface area contributed by atoms with Gasteiger partial charge in [-0.05, 0) is 47.6 Å². The van der Waals surface area contributed by atoms with Crippen molar-refractivity contribution in [3.63, 3.8) is 0 Å². The van der Waals surface area contributed by atoms with Crippen molar-refractivity contribution in [3.8, 4) is 0 Å². The monoisotopic (exact) mass is 308 g/mol. The lowest BCUT2D eigenvalue weighted by molar-refractivity contribution is 0.587. The fraction of sp³-hybridized carbons (Fsp3) is 0.800. The zero-order chi connectivity index (χ0) is 16.3. The van der Waals surface area contributed by atoms with Crippen molar-refractivity contribution in [2.45, 2.75) is 105 Å². The molecular weight excluding hydrogens is 272 g/mol. The largest absolute Gasteiger partial charge is 0.144 e. The molecule has 0 radical (unpaired) electrons. The molecule has 0 aliphatic heterocycles. The van der Waals surface area contributed by atoms with Crippen LogP contribution in [0.2, 0.25) is 0 Å². The maximum absolute atomic E-state index is 2.38. The van der Waals surface area contributed by atoms with Gasteiger partial charge in [0, 0.05) is 9.75 Å². The Labute approximate surface area is 137 Å². The molecule has 0 unspecified atom stereocenters. The van der Waals surface area contributed by atoms with E-state index in [1.165, 1.54) is 38.5 Å². The number of hydrogen-bond donors (Lipinski definition) is 0. The quantitative estimate of drug-likeness (QED) is 0.529. The molecule has 0 saturated heterocycles. The molecular formula is C20H36S. The molecule has 0 saturated carbocycles. The third-order valence-electron chi connectivity index (χ3n) is 4.04. The standard InChI is InChI=1S/C20H36S/c1-9-11-13-15-16(14-12-10-2)18(20(6,7)8)21-17(15)19(3,4)5/h9-14H2,1-8H3. The third-order valence-corrected chi connectivity index (χ3v) is 6.17. The molecule has 122 valence electrons. The molecule has 0 aliphatic carbocycles. The van der Waals surface area contributed by atoms with Gasteiger partial charge in [-0.3, -0.25) is 0 Å². The summed E-state index contributed by atoms with van der Waals surface area (Å²) in [5.41, 5.74) is 3.96. The van der Waals surface area contributed by atoms with Crippen molar-refractivity contribution >= 4 is 11.3 Å². The first-order valence-electron chi connectivity index (χ1n) is 8.78. The molecule has 1 aromatic rings. The second-order valence-corrected chi connectivity index (χ2v) is 9.45. The fourth-order valence-corrected chi connectivity index (χ4v) is 4.46. The highest BCUT2D eigenvalue weighted by atomic mass is 32.1. The van der Waals surface area contributed by atoms with Gasteiger partial charge < -0.3 is 0 Å². The van der Waals surface area contributed by atoms with Crippen LogP contribution < -0.4 is 0 Å². The maximum atomic E-state index is 2.38. The molecule has 0 atom stereocenters. The minimum Gasteiger partial charge on any atom is -0.144 e. The zero-order valence-electron chi connectivity index (χ0n) is 15.7. The highest BCUT2D eigenvalue weighted by Crippen LogP contribution is 2.43. The Kier molecular flexibility index (Phi) is 6.53. The molecule has 1 heterocycles. The maximum Gasteiger partial charge on any atom is 0.0137 e. The zero-order valence-corrected chi connectivity index (χ0v) is 16.5. The number of thiophene rings is 1. The molecule has 1 rings (SSSR count). The van der Waals surface area contributed by atoms with Crippen LogP contribution in [-0.2, 0) is 23.7 Å². The van der Waals surface area contributed by atoms with Crippen molar-refractivity contribution < 1.29 is 0 Å². The molecule has 0 aromatic carbocycles. The van der Waals surface area contributed by atoms with E-state index in [9.17, 15) is 0 Å². The summed E-state index contributed by atoms with van der Waals surface area (Å²) in [7, 11) is 0. The summed E-state index contributed by atoms with van der Waals surface area (Å²) in [5.74, 6) is 0. The van der Waals surface area contributed by atoms with Crippen LogP contribution in [0.15, 0.2) is 0 Å². The van der Waals surface area contributed by atoms with Crippen molar-refractivity contribution in [2.24, 2.45) is 0 Å². The van der Waals surface area contributed by atoms with Crippen LogP contribution in [0.3, 0.4) is 0 Å². The van der Waals surface area contributed by atoms with Crippen molar-refractivity contribution in [2.75, 3.05) is 0 Å². The summed E-state index contributed by atoms with van der Waals surface area (Å²) in [5, 5.41) is 0. The Bertz CT molecular complexity index is 397. The van der Waals surface area contributed by atoms with Gasteiger partial charge in [0.05, 0.1) is 0 Å². The van der Waals surface area contributed by atoms with E-state index >= 15 is 0 Å². The SMILES string of the molecule is CCCCc1c(C(C)(C)C)sc(C(C)(C)C)c1CCCC. The lowest BCUT2D eigenvalue weighted by atomic mass is 9.83. The third kappa shape index (κ3) is 4.84. The molecule has 0 aliphatic rings. The van der Waals surface area contributed by atoms with E-state index < -0.39 is 0 Å². The van der Waals surface area contributed by atoms with Crippen LogP contribution in [0.4, 0.5) is 0 Å². The highest BCUT2D eigenvalue weighted by Gasteiger charge is 2.29. The van der Waals surface area contributed by atoms with E-state index in [1.807, 2.05) is 0 Å². The Morgan fingerprint density at radius 2 is 1.00 bits per heavy atom. The average molecular weight is 309 g/mol. The van der Waals surface area contributed by atoms with Crippen molar-refractivity contribution in [1.29, 1.82) is 0 Å². The lowest BCUT2D eigenvalue weighted by Crippen LogP contribution is -2.13. The van der Waals surface area contributed by atoms with Crippen molar-refractivity contribution in [1.82, 2.24) is 0 Å². The van der Waals surface area contributed by atoms with E-state index in [4.69, 9.17) is 0 Å². The number of unbranched alkanes of at least 4 members (excludes halogenated alkanes) is 2. The summed E-state index contributed by atoms with van der Waals surface area (Å²) in [6, 6.07) is 0. The van der Waals surface area contributed by atoms with Crippen LogP contribution in [-0.4, -0.2) is 0 Å². The second kappa shape index (κ2) is 7.31. The first-order chi connectivity index (χ1) is 9.62. The van der Waals surface area contributed by atoms with Gasteiger partial charge in [0.1, 0.15) is 0 Å². The molecule has 0 nitrogen and oxygen atoms in total. The van der Waals surface area contributed by atoms with E-state index in [2.05, 4.69) is 66.7 Å². The van der Waals surface area contributed by atoms with Gasteiger partial charge >= 0.3 is 0 Å². The second-order valence-electron chi connectivity index (χ2n) is 8.42. The van der Waals surface area contributed by atoms with Gasteiger partial charge in [0.25, 0.3) is 0 Å². The Morgan fingerprint density at radius 3 is 1.24 bits per heavy atom. The fourth-order valence-electron chi connectivity index (χ4n) is 2.95. The van der Waals surface area contributed by atoms with Gasteiger partial charge in [0.2, 0.25) is 0 Å². The molecule has 1 aromatic heterocycles. The van der Waals surface area contributed by atoms with E-state index in [0.29, 0.717) is 0 Å². The molecule has 21 heavy (non-hydrogen) atoms. The minimum absolute atomic E-state index is 0.276. The predicted molar refractivity (Wildman–Crippen MR) is 98.9 cm³/mol. The smallest absolute Gasteiger partial charge is 0.0137 e. The summed E-state index contributed by atoms with van der Waals surface area (Å²) < 4.78 is 0. The van der Waals surface area contributed by atoms with Gasteiger partial charge in [-0.15, -0.1) is 11.3 Å². The number of rotatable bonds is 6. The minimum atomic E-state index is 0.276. The van der Waals surface area contributed by atoms with Gasteiger partial charge in [-0.25, -0.2) is 0 Å². The molecule has 0 fully saturated rings. The first kappa shape index (κ1) is 18.7. The Morgan fingerprint density at radius 1 is 0.667 bits per heavy atom. The molecule has 0 N–H and O–H groups in total. The lowest BCUT2D eigenvalue weighted by Gasteiger charge is -2.20. The van der Waals surface area contributed by atoms with Crippen LogP contribution in [0, 0.1) is 0 Å². The van der Waals surface area contributed by atoms with Crippen LogP contribution >= 0.6 is 11.3 Å². The Balaban J connectivity index is 3.40. The first-order valence-corrected chi connectivity index (χ1v) is 9.60. The summed E-state index contributed by atoms with van der Waals surface area (Å²) in [4.78, 5) is 3.29. The summed E-state index contributed by atoms with van der Waals surface area (Å²) in [6.07, 6.45) is 7.77. The molecule has 0 spiro atoms.